The minimum absolute atomic E-state index is 0.108. The molecule has 14 heteroatoms. The zero-order valence-electron chi connectivity index (χ0n) is 13.2. The van der Waals surface area contributed by atoms with Crippen LogP contribution in [-0.4, -0.2) is 16.2 Å². The van der Waals surface area contributed by atoms with Crippen molar-refractivity contribution in [2.75, 3.05) is 5.32 Å². The van der Waals surface area contributed by atoms with Crippen LogP contribution in [-0.2, 0) is 6.18 Å². The van der Waals surface area contributed by atoms with Gasteiger partial charge in [-0.25, -0.2) is 0 Å². The summed E-state index contributed by atoms with van der Waals surface area (Å²) in [4.78, 5) is 19.4. The molecule has 8 nitrogen and oxygen atoms in total. The monoisotopic (exact) mass is 411 g/mol. The maximum Gasteiger partial charge on any atom is 0.573 e. The molecule has 0 aliphatic carbocycles. The molecule has 0 bridgehead atoms. The van der Waals surface area contributed by atoms with Gasteiger partial charge in [0.1, 0.15) is 11.4 Å². The first kappa shape index (κ1) is 20.7. The van der Waals surface area contributed by atoms with Gasteiger partial charge in [-0.3, -0.25) is 20.2 Å². The van der Waals surface area contributed by atoms with Crippen molar-refractivity contribution < 1.29 is 40.9 Å². The van der Waals surface area contributed by atoms with E-state index in [4.69, 9.17) is 0 Å². The van der Waals surface area contributed by atoms with Crippen LogP contribution < -0.4 is 10.1 Å². The topological polar surface area (TPSA) is 108 Å². The van der Waals surface area contributed by atoms with E-state index in [0.717, 1.165) is 24.3 Å². The Morgan fingerprint density at radius 2 is 1.46 bits per heavy atom. The van der Waals surface area contributed by atoms with Gasteiger partial charge < -0.3 is 10.1 Å². The van der Waals surface area contributed by atoms with Crippen LogP contribution in [0.5, 0.6) is 5.75 Å². The Labute approximate surface area is 150 Å². The first-order chi connectivity index (χ1) is 12.8. The van der Waals surface area contributed by atoms with Crippen molar-refractivity contribution in [1.82, 2.24) is 0 Å². The van der Waals surface area contributed by atoms with E-state index in [1.54, 1.807) is 0 Å². The van der Waals surface area contributed by atoms with Crippen LogP contribution in [0, 0.1) is 20.2 Å². The summed E-state index contributed by atoms with van der Waals surface area (Å²) in [5.74, 6) is -0.674. The van der Waals surface area contributed by atoms with Crippen LogP contribution in [0.15, 0.2) is 36.4 Å². The van der Waals surface area contributed by atoms with Crippen molar-refractivity contribution in [3.8, 4) is 5.75 Å². The molecule has 0 aliphatic rings. The lowest BCUT2D eigenvalue weighted by Gasteiger charge is -2.15. The highest BCUT2D eigenvalue weighted by Crippen LogP contribution is 2.43. The lowest BCUT2D eigenvalue weighted by Crippen LogP contribution is -2.17. The molecule has 1 N–H and O–H groups in total. The van der Waals surface area contributed by atoms with Gasteiger partial charge in [-0.15, -0.1) is 13.2 Å². The third kappa shape index (κ3) is 4.99. The fourth-order valence-corrected chi connectivity index (χ4v) is 2.10. The summed E-state index contributed by atoms with van der Waals surface area (Å²) in [7, 11) is 0. The van der Waals surface area contributed by atoms with Gasteiger partial charge in [0.05, 0.1) is 21.5 Å². The number of rotatable bonds is 5. The van der Waals surface area contributed by atoms with Crippen LogP contribution in [0.2, 0.25) is 0 Å². The summed E-state index contributed by atoms with van der Waals surface area (Å²) < 4.78 is 79.7. The van der Waals surface area contributed by atoms with Crippen LogP contribution >= 0.6 is 0 Å². The molecule has 0 heterocycles. The molecule has 0 aromatic heterocycles. The molecule has 0 aliphatic heterocycles. The highest BCUT2D eigenvalue weighted by Gasteiger charge is 2.39. The fourth-order valence-electron chi connectivity index (χ4n) is 2.10. The second kappa shape index (κ2) is 7.21. The number of ether oxygens (including phenoxy) is 1. The van der Waals surface area contributed by atoms with E-state index in [1.165, 1.54) is 0 Å². The third-order valence-electron chi connectivity index (χ3n) is 3.17. The largest absolute Gasteiger partial charge is 0.573 e. The number of hydrogen-bond donors (Lipinski definition) is 1. The molecule has 0 spiro atoms. The van der Waals surface area contributed by atoms with E-state index >= 15 is 0 Å². The van der Waals surface area contributed by atoms with E-state index in [-0.39, 0.29) is 11.8 Å². The molecule has 2 aromatic carbocycles. The standard InChI is InChI=1S/C14H7F6N3O5/c15-13(16,17)10-5-8(22(24)25)6-11(23(26)27)12(10)21-7-1-3-9(4-2-7)28-14(18,19)20/h1-6,21H. The summed E-state index contributed by atoms with van der Waals surface area (Å²) >= 11 is 0. The Morgan fingerprint density at radius 3 is 1.89 bits per heavy atom. The zero-order valence-corrected chi connectivity index (χ0v) is 13.2. The van der Waals surface area contributed by atoms with Crippen molar-refractivity contribution in [3.63, 3.8) is 0 Å². The molecule has 2 aromatic rings. The molecule has 0 radical (unpaired) electrons. The van der Waals surface area contributed by atoms with Crippen LogP contribution in [0.1, 0.15) is 5.56 Å². The van der Waals surface area contributed by atoms with E-state index in [1.807, 2.05) is 0 Å². The first-order valence-electron chi connectivity index (χ1n) is 6.95. The normalized spacial score (nSPS) is 11.8. The number of nitro benzene ring substituents is 2. The number of halogens is 6. The minimum atomic E-state index is -5.20. The van der Waals surface area contributed by atoms with Gasteiger partial charge >= 0.3 is 12.5 Å². The van der Waals surface area contributed by atoms with Gasteiger partial charge in [0, 0.05) is 11.8 Å². The van der Waals surface area contributed by atoms with E-state index in [9.17, 15) is 46.6 Å². The maximum absolute atomic E-state index is 13.3. The van der Waals surface area contributed by atoms with Crippen LogP contribution in [0.25, 0.3) is 0 Å². The molecule has 0 atom stereocenters. The second-order valence-corrected chi connectivity index (χ2v) is 5.10. The highest BCUT2D eigenvalue weighted by molar-refractivity contribution is 5.76. The summed E-state index contributed by atoms with van der Waals surface area (Å²) in [5, 5.41) is 23.9. The summed E-state index contributed by atoms with van der Waals surface area (Å²) in [5.41, 5.74) is -5.44. The first-order valence-corrected chi connectivity index (χ1v) is 6.95. The number of nitro groups is 2. The highest BCUT2D eigenvalue weighted by atomic mass is 19.4. The van der Waals surface area contributed by atoms with Crippen LogP contribution in [0.3, 0.4) is 0 Å². The molecular weight excluding hydrogens is 404 g/mol. The number of benzene rings is 2. The molecule has 0 fully saturated rings. The maximum atomic E-state index is 13.3. The fraction of sp³-hybridized carbons (Fsp3) is 0.143. The van der Waals surface area contributed by atoms with Crippen molar-refractivity contribution >= 4 is 22.7 Å². The number of nitrogens with zero attached hydrogens (tertiary/aromatic N) is 2. The van der Waals surface area contributed by atoms with Crippen molar-refractivity contribution in [1.29, 1.82) is 0 Å². The van der Waals surface area contributed by atoms with Gasteiger partial charge in [0.25, 0.3) is 11.4 Å². The van der Waals surface area contributed by atoms with Gasteiger partial charge in [0.2, 0.25) is 0 Å². The number of hydrogen-bond acceptors (Lipinski definition) is 6. The van der Waals surface area contributed by atoms with Crippen molar-refractivity contribution in [2.24, 2.45) is 0 Å². The number of anilines is 2. The number of non-ortho nitro benzene ring substituents is 1. The van der Waals surface area contributed by atoms with Gasteiger partial charge in [-0.2, -0.15) is 13.2 Å². The summed E-state index contributed by atoms with van der Waals surface area (Å²) in [6, 6.07) is 3.73. The second-order valence-electron chi connectivity index (χ2n) is 5.10. The van der Waals surface area contributed by atoms with Gasteiger partial charge in [0.15, 0.2) is 0 Å². The minimum Gasteiger partial charge on any atom is -0.406 e. The molecular formula is C14H7F6N3O5. The summed E-state index contributed by atoms with van der Waals surface area (Å²) in [6.45, 7) is 0. The van der Waals surface area contributed by atoms with Crippen LogP contribution in [0.4, 0.5) is 49.1 Å². The quantitative estimate of drug-likeness (QED) is 0.414. The lowest BCUT2D eigenvalue weighted by atomic mass is 10.1. The lowest BCUT2D eigenvalue weighted by molar-refractivity contribution is -0.394. The van der Waals surface area contributed by atoms with E-state index < -0.39 is 50.8 Å². The SMILES string of the molecule is O=[N+]([O-])c1cc([N+](=O)[O-])c(Nc2ccc(OC(F)(F)F)cc2)c(C(F)(F)F)c1. The number of nitrogens with one attached hydrogen (secondary N) is 1. The Morgan fingerprint density at radius 1 is 0.893 bits per heavy atom. The third-order valence-corrected chi connectivity index (χ3v) is 3.17. The smallest absolute Gasteiger partial charge is 0.406 e. The zero-order chi connectivity index (χ0) is 21.3. The average Bonchev–Trinajstić information content (AvgIpc) is 2.53. The Bertz CT molecular complexity index is 911. The van der Waals surface area contributed by atoms with E-state index in [0.29, 0.717) is 6.07 Å². The molecule has 2 rings (SSSR count). The molecule has 28 heavy (non-hydrogen) atoms. The van der Waals surface area contributed by atoms with Crippen molar-refractivity contribution in [3.05, 3.63) is 62.2 Å². The molecule has 0 amide bonds. The van der Waals surface area contributed by atoms with Gasteiger partial charge in [-0.05, 0) is 24.3 Å². The van der Waals surface area contributed by atoms with Gasteiger partial charge in [-0.1, -0.05) is 0 Å². The Hall–Kier alpha value is -3.58. The summed E-state index contributed by atoms with van der Waals surface area (Å²) in [6.07, 6.45) is -10.2. The number of alkyl halides is 6. The van der Waals surface area contributed by atoms with Crippen molar-refractivity contribution in [2.45, 2.75) is 12.5 Å². The average molecular weight is 411 g/mol. The Kier molecular flexibility index (Phi) is 5.33. The Balaban J connectivity index is 2.52. The molecule has 0 saturated carbocycles. The predicted octanol–water partition coefficient (Wildman–Crippen LogP) is 5.16. The molecule has 150 valence electrons. The molecule has 0 saturated heterocycles. The van der Waals surface area contributed by atoms with E-state index in [2.05, 4.69) is 10.1 Å². The molecule has 0 unspecified atom stereocenters. The predicted molar refractivity (Wildman–Crippen MR) is 81.2 cm³/mol.